The average Bonchev–Trinajstić information content (AvgIpc) is 3.29. The standard InChI is InChI=1S/C32H40N8O2/c1-8-30(41)34-24-17-25(29(42-7)18-27(24)38(5)16-15-37(3)4)36-32-33-14-13-23(35-32)31-22-11-9-10-12-26(22)40-19-21(2)39(6)20-28(31)40/h8-14,17-18,21H,1,15-16,19-20H2,2-7H3,(H,34,41)(H,33,35,36). The fourth-order valence-electron chi connectivity index (χ4n) is 5.40. The molecule has 2 aromatic carbocycles. The number of para-hydroxylation sites is 1. The first-order valence-corrected chi connectivity index (χ1v) is 14.1. The van der Waals surface area contributed by atoms with Crippen molar-refractivity contribution in [1.29, 1.82) is 0 Å². The molecule has 42 heavy (non-hydrogen) atoms. The van der Waals surface area contributed by atoms with Crippen LogP contribution in [0.1, 0.15) is 12.6 Å². The number of carbonyl (C=O) groups is 1. The van der Waals surface area contributed by atoms with Crippen LogP contribution in [-0.2, 0) is 17.9 Å². The summed E-state index contributed by atoms with van der Waals surface area (Å²) in [5.74, 6) is 0.743. The van der Waals surface area contributed by atoms with E-state index >= 15 is 0 Å². The van der Waals surface area contributed by atoms with Crippen molar-refractivity contribution in [3.05, 3.63) is 67.0 Å². The van der Waals surface area contributed by atoms with Gasteiger partial charge in [-0.1, -0.05) is 24.8 Å². The number of methoxy groups -OCH3 is 1. The van der Waals surface area contributed by atoms with Gasteiger partial charge in [0.05, 0.1) is 29.9 Å². The highest BCUT2D eigenvalue weighted by atomic mass is 16.5. The number of ether oxygens (including phenoxy) is 1. The zero-order valence-electron chi connectivity index (χ0n) is 25.3. The van der Waals surface area contributed by atoms with Crippen LogP contribution in [0.3, 0.4) is 0 Å². The summed E-state index contributed by atoms with van der Waals surface area (Å²) in [5.41, 5.74) is 6.53. The van der Waals surface area contributed by atoms with Gasteiger partial charge in [0.25, 0.3) is 0 Å². The van der Waals surface area contributed by atoms with Gasteiger partial charge in [-0.05, 0) is 52.3 Å². The number of likely N-dealkylation sites (N-methyl/N-ethyl adjacent to an activating group) is 3. The Morgan fingerprint density at radius 1 is 1.17 bits per heavy atom. The van der Waals surface area contributed by atoms with Gasteiger partial charge >= 0.3 is 0 Å². The second kappa shape index (κ2) is 12.2. The van der Waals surface area contributed by atoms with Crippen LogP contribution in [-0.4, -0.2) is 84.7 Å². The summed E-state index contributed by atoms with van der Waals surface area (Å²) in [5, 5.41) is 7.47. The van der Waals surface area contributed by atoms with Crippen molar-refractivity contribution in [2.45, 2.75) is 26.1 Å². The molecule has 0 radical (unpaired) electrons. The summed E-state index contributed by atoms with van der Waals surface area (Å²) in [4.78, 5) is 28.4. The zero-order valence-corrected chi connectivity index (χ0v) is 25.3. The van der Waals surface area contributed by atoms with Gasteiger partial charge in [-0.15, -0.1) is 0 Å². The molecule has 0 saturated heterocycles. The van der Waals surface area contributed by atoms with E-state index in [4.69, 9.17) is 9.72 Å². The molecule has 0 fully saturated rings. The number of rotatable bonds is 10. The van der Waals surface area contributed by atoms with E-state index in [-0.39, 0.29) is 5.91 Å². The summed E-state index contributed by atoms with van der Waals surface area (Å²) < 4.78 is 8.20. The lowest BCUT2D eigenvalue weighted by molar-refractivity contribution is -0.111. The van der Waals surface area contributed by atoms with Crippen molar-refractivity contribution in [2.24, 2.45) is 0 Å². The average molecular weight is 569 g/mol. The number of amides is 1. The highest BCUT2D eigenvalue weighted by molar-refractivity contribution is 6.02. The summed E-state index contributed by atoms with van der Waals surface area (Å²) in [6, 6.07) is 14.7. The number of hydrogen-bond donors (Lipinski definition) is 2. The SMILES string of the molecule is C=CC(=O)Nc1cc(Nc2nccc(-c3c4n(c5ccccc35)CC(C)N(C)C4)n2)c(OC)cc1N(C)CCN(C)C. The first-order valence-electron chi connectivity index (χ1n) is 14.1. The van der Waals surface area contributed by atoms with E-state index in [9.17, 15) is 4.79 Å². The third-order valence-electron chi connectivity index (χ3n) is 7.89. The van der Waals surface area contributed by atoms with Crippen LogP contribution in [0.15, 0.2) is 61.3 Å². The molecule has 1 aliphatic heterocycles. The Morgan fingerprint density at radius 2 is 1.95 bits per heavy atom. The molecule has 1 unspecified atom stereocenters. The maximum Gasteiger partial charge on any atom is 0.247 e. The highest BCUT2D eigenvalue weighted by Gasteiger charge is 2.27. The minimum Gasteiger partial charge on any atom is -0.494 e. The van der Waals surface area contributed by atoms with Gasteiger partial charge in [0.15, 0.2) is 0 Å². The van der Waals surface area contributed by atoms with E-state index in [0.717, 1.165) is 43.1 Å². The van der Waals surface area contributed by atoms with Crippen LogP contribution in [0.4, 0.5) is 23.0 Å². The molecule has 2 aromatic heterocycles. The molecule has 5 rings (SSSR count). The van der Waals surface area contributed by atoms with Crippen LogP contribution in [0.25, 0.3) is 22.2 Å². The van der Waals surface area contributed by atoms with Gasteiger partial charge in [0, 0.05) is 73.7 Å². The monoisotopic (exact) mass is 568 g/mol. The number of nitrogens with one attached hydrogen (secondary N) is 2. The van der Waals surface area contributed by atoms with Crippen molar-refractivity contribution in [1.82, 2.24) is 24.3 Å². The van der Waals surface area contributed by atoms with Crippen molar-refractivity contribution < 1.29 is 9.53 Å². The molecule has 4 aromatic rings. The van der Waals surface area contributed by atoms with E-state index < -0.39 is 0 Å². The van der Waals surface area contributed by atoms with Crippen molar-refractivity contribution in [2.75, 3.05) is 63.9 Å². The smallest absolute Gasteiger partial charge is 0.247 e. The second-order valence-electron chi connectivity index (χ2n) is 11.1. The van der Waals surface area contributed by atoms with Crippen LogP contribution in [0.2, 0.25) is 0 Å². The molecular weight excluding hydrogens is 528 g/mol. The number of carbonyl (C=O) groups excluding carboxylic acids is 1. The maximum absolute atomic E-state index is 12.4. The number of benzene rings is 2. The quantitative estimate of drug-likeness (QED) is 0.264. The molecule has 0 aliphatic carbocycles. The van der Waals surface area contributed by atoms with Crippen LogP contribution < -0.4 is 20.3 Å². The molecule has 10 heteroatoms. The van der Waals surface area contributed by atoms with Gasteiger partial charge in [0.1, 0.15) is 5.75 Å². The Labute approximate surface area is 247 Å². The Kier molecular flexibility index (Phi) is 8.46. The molecule has 1 aliphatic rings. The van der Waals surface area contributed by atoms with Crippen LogP contribution >= 0.6 is 0 Å². The Morgan fingerprint density at radius 3 is 2.69 bits per heavy atom. The lowest BCUT2D eigenvalue weighted by atomic mass is 10.1. The molecule has 0 spiro atoms. The van der Waals surface area contributed by atoms with Crippen molar-refractivity contribution >= 4 is 39.8 Å². The molecule has 10 nitrogen and oxygen atoms in total. The molecule has 0 bridgehead atoms. The third-order valence-corrected chi connectivity index (χ3v) is 7.89. The summed E-state index contributed by atoms with van der Waals surface area (Å²) >= 11 is 0. The molecule has 2 N–H and O–H groups in total. The molecule has 1 atom stereocenters. The Balaban J connectivity index is 1.54. The molecule has 0 saturated carbocycles. The first-order chi connectivity index (χ1) is 20.2. The van der Waals surface area contributed by atoms with Gasteiger partial charge in [-0.25, -0.2) is 9.97 Å². The molecule has 3 heterocycles. The van der Waals surface area contributed by atoms with E-state index in [2.05, 4.69) is 79.7 Å². The highest BCUT2D eigenvalue weighted by Crippen LogP contribution is 2.40. The van der Waals surface area contributed by atoms with Gasteiger partial charge in [0.2, 0.25) is 11.9 Å². The third kappa shape index (κ3) is 5.81. The largest absolute Gasteiger partial charge is 0.494 e. The number of fused-ring (bicyclic) bond motifs is 3. The van der Waals surface area contributed by atoms with E-state index in [1.54, 1.807) is 13.3 Å². The summed E-state index contributed by atoms with van der Waals surface area (Å²) in [6.45, 7) is 9.24. The fourth-order valence-corrected chi connectivity index (χ4v) is 5.40. The minimum atomic E-state index is -0.295. The molecule has 1 amide bonds. The van der Waals surface area contributed by atoms with E-state index in [1.165, 1.54) is 22.7 Å². The van der Waals surface area contributed by atoms with Gasteiger partial charge in [-0.2, -0.15) is 0 Å². The lowest BCUT2D eigenvalue weighted by Crippen LogP contribution is -2.38. The van der Waals surface area contributed by atoms with Crippen LogP contribution in [0, 0.1) is 0 Å². The fraction of sp³-hybridized carbons (Fsp3) is 0.344. The topological polar surface area (TPSA) is 90.8 Å². The van der Waals surface area contributed by atoms with E-state index in [1.807, 2.05) is 39.3 Å². The van der Waals surface area contributed by atoms with Gasteiger partial charge < -0.3 is 29.7 Å². The van der Waals surface area contributed by atoms with Crippen molar-refractivity contribution in [3.8, 4) is 17.0 Å². The number of aromatic nitrogens is 3. The number of anilines is 4. The first kappa shape index (κ1) is 29.1. The predicted molar refractivity (Wildman–Crippen MR) is 171 cm³/mol. The zero-order chi connectivity index (χ0) is 30.0. The summed E-state index contributed by atoms with van der Waals surface area (Å²) in [6.07, 6.45) is 3.03. The Bertz CT molecular complexity index is 1610. The van der Waals surface area contributed by atoms with Crippen LogP contribution in [0.5, 0.6) is 5.75 Å². The molecular formula is C32H40N8O2. The summed E-state index contributed by atoms with van der Waals surface area (Å²) in [7, 11) is 9.84. The van der Waals surface area contributed by atoms with Crippen molar-refractivity contribution in [3.63, 3.8) is 0 Å². The maximum atomic E-state index is 12.4. The Hall–Kier alpha value is -4.41. The number of hydrogen-bond acceptors (Lipinski definition) is 8. The number of nitrogens with zero attached hydrogens (tertiary/aromatic N) is 6. The molecule has 220 valence electrons. The van der Waals surface area contributed by atoms with E-state index in [0.29, 0.717) is 29.1 Å². The second-order valence-corrected chi connectivity index (χ2v) is 11.1. The van der Waals surface area contributed by atoms with Gasteiger partial charge in [-0.3, -0.25) is 9.69 Å². The minimum absolute atomic E-state index is 0.295. The normalized spacial score (nSPS) is 15.0. The lowest BCUT2D eigenvalue weighted by Gasteiger charge is -2.32. The predicted octanol–water partition coefficient (Wildman–Crippen LogP) is 4.81.